The van der Waals surface area contributed by atoms with E-state index in [4.69, 9.17) is 0 Å². The minimum absolute atomic E-state index is 0. The van der Waals surface area contributed by atoms with Gasteiger partial charge in [-0.25, -0.2) is 4.39 Å². The van der Waals surface area contributed by atoms with Crippen molar-refractivity contribution in [2.45, 2.75) is 13.3 Å². The number of hydrogen-bond donors (Lipinski definition) is 0. The molecule has 0 aromatic carbocycles. The van der Waals surface area contributed by atoms with Crippen LogP contribution in [-0.4, -0.2) is 41.3 Å². The number of ketones is 2. The van der Waals surface area contributed by atoms with Crippen LogP contribution in [0.1, 0.15) is 16.2 Å². The molecule has 0 saturated carbocycles. The van der Waals surface area contributed by atoms with Crippen LogP contribution in [0.25, 0.3) is 0 Å². The van der Waals surface area contributed by atoms with Crippen LogP contribution in [0.4, 0.5) is 4.39 Å². The summed E-state index contributed by atoms with van der Waals surface area (Å²) in [5, 5.41) is 0. The standard InChI is InChI=1S/C5H7FO2.Mg.2H/c1-4(7)2-5(8)3-6;;;/h2-3H2,1H3;;;/q;+2;2*-1. The molecule has 0 aromatic heterocycles. The zero-order chi connectivity index (χ0) is 6.57. The van der Waals surface area contributed by atoms with E-state index in [2.05, 4.69) is 0 Å². The fourth-order valence-electron chi connectivity index (χ4n) is 0.325. The molecule has 50 valence electrons. The molecule has 0 rings (SSSR count). The van der Waals surface area contributed by atoms with Crippen LogP contribution in [0.5, 0.6) is 0 Å². The summed E-state index contributed by atoms with van der Waals surface area (Å²) in [6, 6.07) is 0. The third-order valence-electron chi connectivity index (χ3n) is 0.595. The van der Waals surface area contributed by atoms with E-state index in [9.17, 15) is 14.0 Å². The fraction of sp³-hybridized carbons (Fsp3) is 0.600. The average Bonchev–Trinajstić information content (AvgIpc) is 1.65. The van der Waals surface area contributed by atoms with Crippen molar-refractivity contribution in [3.8, 4) is 0 Å². The number of Topliss-reactive ketones (excluding diaryl/α,β-unsaturated/α-hetero) is 2. The van der Waals surface area contributed by atoms with Crippen molar-refractivity contribution in [2.24, 2.45) is 0 Å². The Hall–Kier alpha value is 0.0362. The monoisotopic (exact) mass is 144 g/mol. The quantitative estimate of drug-likeness (QED) is 0.423. The normalized spacial score (nSPS) is 7.78. The van der Waals surface area contributed by atoms with Crippen LogP contribution in [0.15, 0.2) is 0 Å². The Balaban J connectivity index is -0.0000000817. The molecule has 0 aliphatic heterocycles. The zero-order valence-electron chi connectivity index (χ0n) is 7.32. The van der Waals surface area contributed by atoms with Crippen molar-refractivity contribution in [3.05, 3.63) is 0 Å². The molecule has 0 atom stereocenters. The van der Waals surface area contributed by atoms with E-state index in [1.54, 1.807) is 0 Å². The Morgan fingerprint density at radius 1 is 1.56 bits per heavy atom. The molecule has 0 amide bonds. The molecule has 0 heterocycles. The molecule has 0 fully saturated rings. The first-order chi connectivity index (χ1) is 3.66. The van der Waals surface area contributed by atoms with E-state index >= 15 is 0 Å². The third kappa shape index (κ3) is 8.04. The van der Waals surface area contributed by atoms with Gasteiger partial charge in [0.25, 0.3) is 0 Å². The van der Waals surface area contributed by atoms with Gasteiger partial charge in [0.1, 0.15) is 12.5 Å². The van der Waals surface area contributed by atoms with Crippen molar-refractivity contribution in [1.82, 2.24) is 0 Å². The summed E-state index contributed by atoms with van der Waals surface area (Å²) in [5.74, 6) is -0.926. The topological polar surface area (TPSA) is 34.1 Å². The van der Waals surface area contributed by atoms with E-state index in [0.29, 0.717) is 0 Å². The van der Waals surface area contributed by atoms with Crippen molar-refractivity contribution in [2.75, 3.05) is 6.67 Å². The van der Waals surface area contributed by atoms with Gasteiger partial charge < -0.3 is 2.85 Å². The van der Waals surface area contributed by atoms with Crippen LogP contribution in [0, 0.1) is 0 Å². The van der Waals surface area contributed by atoms with Gasteiger partial charge in [0, 0.05) is 0 Å². The molecule has 0 radical (unpaired) electrons. The van der Waals surface area contributed by atoms with E-state index < -0.39 is 12.5 Å². The van der Waals surface area contributed by atoms with Gasteiger partial charge in [0.15, 0.2) is 5.78 Å². The summed E-state index contributed by atoms with van der Waals surface area (Å²) < 4.78 is 11.2. The minimum Gasteiger partial charge on any atom is -1.00 e. The van der Waals surface area contributed by atoms with Gasteiger partial charge in [0.05, 0.1) is 6.42 Å². The number of alkyl halides is 1. The third-order valence-corrected chi connectivity index (χ3v) is 0.595. The van der Waals surface area contributed by atoms with Gasteiger partial charge >= 0.3 is 23.1 Å². The summed E-state index contributed by atoms with van der Waals surface area (Å²) in [5.41, 5.74) is 0. The van der Waals surface area contributed by atoms with Gasteiger partial charge in [-0.1, -0.05) is 0 Å². The first kappa shape index (κ1) is 11.8. The maximum absolute atomic E-state index is 11.2. The molecule has 0 saturated heterocycles. The molecular weight excluding hydrogens is 135 g/mol. The molecule has 2 nitrogen and oxygen atoms in total. The Morgan fingerprint density at radius 2 is 2.00 bits per heavy atom. The first-order valence-electron chi connectivity index (χ1n) is 2.24. The van der Waals surface area contributed by atoms with Crippen molar-refractivity contribution >= 4 is 34.6 Å². The van der Waals surface area contributed by atoms with Crippen LogP contribution in [0.2, 0.25) is 0 Å². The van der Waals surface area contributed by atoms with E-state index in [-0.39, 0.29) is 38.1 Å². The Bertz CT molecular complexity index is 121. The molecule has 4 heteroatoms. The maximum atomic E-state index is 11.2. The van der Waals surface area contributed by atoms with Crippen LogP contribution in [-0.2, 0) is 9.59 Å². The summed E-state index contributed by atoms with van der Waals surface area (Å²) in [7, 11) is 0. The van der Waals surface area contributed by atoms with Gasteiger partial charge in [-0.05, 0) is 6.92 Å². The molecule has 0 bridgehead atoms. The molecule has 0 spiro atoms. The molecule has 0 aromatic rings. The molecular formula is C5H9FMgO2. The summed E-state index contributed by atoms with van der Waals surface area (Å²) >= 11 is 0. The van der Waals surface area contributed by atoms with Crippen molar-refractivity contribution in [3.63, 3.8) is 0 Å². The smallest absolute Gasteiger partial charge is 1.00 e. The van der Waals surface area contributed by atoms with Crippen LogP contribution >= 0.6 is 0 Å². The van der Waals surface area contributed by atoms with Crippen molar-refractivity contribution < 1.29 is 16.8 Å². The molecule has 0 N–H and O–H groups in total. The second kappa shape index (κ2) is 6.16. The predicted molar refractivity (Wildman–Crippen MR) is 34.3 cm³/mol. The molecule has 0 unspecified atom stereocenters. The average molecular weight is 144 g/mol. The van der Waals surface area contributed by atoms with E-state index in [0.717, 1.165) is 0 Å². The van der Waals surface area contributed by atoms with Gasteiger partial charge in [-0.3, -0.25) is 9.59 Å². The number of hydrogen-bond acceptors (Lipinski definition) is 2. The number of carbonyl (C=O) groups is 2. The number of halogens is 1. The number of carbonyl (C=O) groups excluding carboxylic acids is 2. The molecule has 9 heavy (non-hydrogen) atoms. The van der Waals surface area contributed by atoms with Gasteiger partial charge in [-0.15, -0.1) is 0 Å². The summed E-state index contributed by atoms with van der Waals surface area (Å²) in [6.45, 7) is 0.229. The SMILES string of the molecule is CC(=O)CC(=O)CF.[H-].[H-].[Mg+2]. The van der Waals surface area contributed by atoms with Crippen LogP contribution < -0.4 is 0 Å². The number of rotatable bonds is 3. The van der Waals surface area contributed by atoms with E-state index in [1.807, 2.05) is 0 Å². The first-order valence-corrected chi connectivity index (χ1v) is 2.24. The second-order valence-corrected chi connectivity index (χ2v) is 1.55. The largest absolute Gasteiger partial charge is 2.00 e. The Labute approximate surface area is 71.9 Å². The van der Waals surface area contributed by atoms with Gasteiger partial charge in [-0.2, -0.15) is 0 Å². The second-order valence-electron chi connectivity index (χ2n) is 1.55. The van der Waals surface area contributed by atoms with Gasteiger partial charge in [0.2, 0.25) is 0 Å². The Morgan fingerprint density at radius 3 is 2.11 bits per heavy atom. The fourth-order valence-corrected chi connectivity index (χ4v) is 0.325. The van der Waals surface area contributed by atoms with Crippen LogP contribution in [0.3, 0.4) is 0 Å². The minimum atomic E-state index is -1.03. The summed E-state index contributed by atoms with van der Waals surface area (Å²) in [4.78, 5) is 20.1. The maximum Gasteiger partial charge on any atom is 2.00 e. The van der Waals surface area contributed by atoms with Crippen molar-refractivity contribution in [1.29, 1.82) is 0 Å². The molecule has 0 aliphatic carbocycles. The van der Waals surface area contributed by atoms with E-state index in [1.165, 1.54) is 6.92 Å². The predicted octanol–water partition coefficient (Wildman–Crippen LogP) is 0.348. The Kier molecular flexibility index (Phi) is 8.07. The zero-order valence-corrected chi connectivity index (χ0v) is 6.73. The summed E-state index contributed by atoms with van der Waals surface area (Å²) in [6.07, 6.45) is -0.267. The molecule has 0 aliphatic rings.